The van der Waals surface area contributed by atoms with Crippen LogP contribution in [0.15, 0.2) is 6.07 Å². The van der Waals surface area contributed by atoms with E-state index in [4.69, 9.17) is 22.1 Å². The van der Waals surface area contributed by atoms with Crippen LogP contribution in [0.4, 0.5) is 5.82 Å². The van der Waals surface area contributed by atoms with Crippen molar-refractivity contribution in [3.8, 4) is 0 Å². The van der Waals surface area contributed by atoms with E-state index in [-0.39, 0.29) is 12.0 Å². The lowest BCUT2D eigenvalue weighted by molar-refractivity contribution is 0.0992. The standard InChI is InChI=1S/C12H21N3O2S/c1-12(2,3)11-14-9(8-10(18)15-11)13-4-6-17-7-5-16/h8,16H,4-7H2,1-3H3,(H2,13,14,15,18). The highest BCUT2D eigenvalue weighted by molar-refractivity contribution is 7.71. The van der Waals surface area contributed by atoms with E-state index in [0.717, 1.165) is 11.6 Å². The molecule has 0 amide bonds. The molecule has 1 aromatic rings. The van der Waals surface area contributed by atoms with Crippen LogP contribution in [0.5, 0.6) is 0 Å². The molecule has 1 aromatic heterocycles. The molecular weight excluding hydrogens is 250 g/mol. The lowest BCUT2D eigenvalue weighted by Crippen LogP contribution is -2.18. The van der Waals surface area contributed by atoms with Gasteiger partial charge in [0, 0.05) is 18.0 Å². The Morgan fingerprint density at radius 3 is 2.78 bits per heavy atom. The van der Waals surface area contributed by atoms with Crippen molar-refractivity contribution in [2.75, 3.05) is 31.7 Å². The number of hydrogen-bond acceptors (Lipinski definition) is 5. The first kappa shape index (κ1) is 15.1. The Morgan fingerprint density at radius 2 is 2.17 bits per heavy atom. The Bertz CT molecular complexity index is 426. The molecule has 1 rings (SSSR count). The Morgan fingerprint density at radius 1 is 1.44 bits per heavy atom. The first-order valence-electron chi connectivity index (χ1n) is 5.98. The number of H-pyrrole nitrogens is 1. The second kappa shape index (κ2) is 6.82. The molecule has 5 nitrogen and oxygen atoms in total. The first-order valence-corrected chi connectivity index (χ1v) is 6.38. The third-order valence-corrected chi connectivity index (χ3v) is 2.46. The average molecular weight is 271 g/mol. The summed E-state index contributed by atoms with van der Waals surface area (Å²) in [6.07, 6.45) is 0. The minimum atomic E-state index is -0.0708. The second-order valence-corrected chi connectivity index (χ2v) is 5.41. The molecule has 0 saturated carbocycles. The Kier molecular flexibility index (Phi) is 5.71. The maximum atomic E-state index is 8.57. The molecule has 0 spiro atoms. The predicted molar refractivity (Wildman–Crippen MR) is 74.5 cm³/mol. The molecule has 0 bridgehead atoms. The van der Waals surface area contributed by atoms with Crippen molar-refractivity contribution in [3.05, 3.63) is 16.5 Å². The fourth-order valence-electron chi connectivity index (χ4n) is 1.33. The van der Waals surface area contributed by atoms with Crippen LogP contribution in [0.25, 0.3) is 0 Å². The molecule has 1 heterocycles. The van der Waals surface area contributed by atoms with Gasteiger partial charge in [-0.05, 0) is 0 Å². The molecule has 0 fully saturated rings. The number of aliphatic hydroxyl groups excluding tert-OH is 1. The lowest BCUT2D eigenvalue weighted by Gasteiger charge is -2.18. The fraction of sp³-hybridized carbons (Fsp3) is 0.667. The molecule has 0 aliphatic heterocycles. The van der Waals surface area contributed by atoms with Crippen molar-refractivity contribution in [2.24, 2.45) is 0 Å². The predicted octanol–water partition coefficient (Wildman–Crippen LogP) is 1.86. The normalized spacial score (nSPS) is 11.6. The quantitative estimate of drug-likeness (QED) is 0.544. The maximum absolute atomic E-state index is 8.57. The molecule has 6 heteroatoms. The second-order valence-electron chi connectivity index (χ2n) is 4.99. The summed E-state index contributed by atoms with van der Waals surface area (Å²) in [5.74, 6) is 1.70. The van der Waals surface area contributed by atoms with Crippen LogP contribution >= 0.6 is 12.2 Å². The van der Waals surface area contributed by atoms with Gasteiger partial charge in [-0.2, -0.15) is 0 Å². The largest absolute Gasteiger partial charge is 0.394 e. The number of aromatic amines is 1. The van der Waals surface area contributed by atoms with Gasteiger partial charge < -0.3 is 20.1 Å². The summed E-state index contributed by atoms with van der Waals surface area (Å²) in [7, 11) is 0. The summed E-state index contributed by atoms with van der Waals surface area (Å²) < 4.78 is 5.73. The third kappa shape index (κ3) is 5.12. The van der Waals surface area contributed by atoms with Crippen molar-refractivity contribution < 1.29 is 9.84 Å². The van der Waals surface area contributed by atoms with Gasteiger partial charge in [0.15, 0.2) is 0 Å². The molecule has 0 aliphatic carbocycles. The molecule has 0 aliphatic rings. The van der Waals surface area contributed by atoms with Crippen LogP contribution in [0.3, 0.4) is 0 Å². The monoisotopic (exact) mass is 271 g/mol. The van der Waals surface area contributed by atoms with Gasteiger partial charge in [0.2, 0.25) is 0 Å². The van der Waals surface area contributed by atoms with Crippen molar-refractivity contribution in [1.82, 2.24) is 9.97 Å². The van der Waals surface area contributed by atoms with Gasteiger partial charge in [-0.1, -0.05) is 33.0 Å². The Labute approximate surface area is 113 Å². The zero-order valence-corrected chi connectivity index (χ0v) is 11.9. The van der Waals surface area contributed by atoms with Crippen LogP contribution in [0.2, 0.25) is 0 Å². The average Bonchev–Trinajstić information content (AvgIpc) is 2.27. The van der Waals surface area contributed by atoms with E-state index >= 15 is 0 Å². The number of aliphatic hydroxyl groups is 1. The van der Waals surface area contributed by atoms with Crippen LogP contribution in [-0.4, -0.2) is 41.4 Å². The number of hydrogen-bond donors (Lipinski definition) is 3. The summed E-state index contributed by atoms with van der Waals surface area (Å²) in [4.78, 5) is 7.54. The van der Waals surface area contributed by atoms with Gasteiger partial charge >= 0.3 is 0 Å². The van der Waals surface area contributed by atoms with Gasteiger partial charge in [-0.25, -0.2) is 4.98 Å². The maximum Gasteiger partial charge on any atom is 0.131 e. The fourth-order valence-corrected chi connectivity index (χ4v) is 1.54. The zero-order valence-electron chi connectivity index (χ0n) is 11.1. The number of nitrogens with one attached hydrogen (secondary N) is 2. The molecule has 102 valence electrons. The van der Waals surface area contributed by atoms with E-state index in [0.29, 0.717) is 24.4 Å². The summed E-state index contributed by atoms with van der Waals surface area (Å²) in [5, 5.41) is 11.8. The van der Waals surface area contributed by atoms with Crippen LogP contribution in [0, 0.1) is 4.64 Å². The highest BCUT2D eigenvalue weighted by Gasteiger charge is 2.16. The van der Waals surface area contributed by atoms with E-state index in [9.17, 15) is 0 Å². The van der Waals surface area contributed by atoms with Crippen molar-refractivity contribution in [2.45, 2.75) is 26.2 Å². The number of aromatic nitrogens is 2. The third-order valence-electron chi connectivity index (χ3n) is 2.25. The van der Waals surface area contributed by atoms with Gasteiger partial charge in [-0.15, -0.1) is 0 Å². The van der Waals surface area contributed by atoms with Crippen LogP contribution in [-0.2, 0) is 10.2 Å². The summed E-state index contributed by atoms with van der Waals surface area (Å²) in [5.41, 5.74) is -0.0708. The molecule has 0 unspecified atom stereocenters. The Balaban J connectivity index is 2.61. The minimum Gasteiger partial charge on any atom is -0.394 e. The summed E-state index contributed by atoms with van der Waals surface area (Å²) in [6.45, 7) is 7.83. The SMILES string of the molecule is CC(C)(C)c1nc(=S)cc(NCCOCCO)[nH]1. The van der Waals surface area contributed by atoms with Crippen molar-refractivity contribution in [3.63, 3.8) is 0 Å². The molecule has 0 saturated heterocycles. The van der Waals surface area contributed by atoms with Crippen LogP contribution < -0.4 is 5.32 Å². The first-order chi connectivity index (χ1) is 8.43. The topological polar surface area (TPSA) is 70.2 Å². The van der Waals surface area contributed by atoms with Crippen molar-refractivity contribution >= 4 is 18.0 Å². The number of anilines is 1. The van der Waals surface area contributed by atoms with E-state index in [1.165, 1.54) is 0 Å². The van der Waals surface area contributed by atoms with Gasteiger partial charge in [0.1, 0.15) is 16.3 Å². The minimum absolute atomic E-state index is 0.0475. The van der Waals surface area contributed by atoms with E-state index in [1.54, 1.807) is 6.07 Å². The van der Waals surface area contributed by atoms with E-state index in [2.05, 4.69) is 36.1 Å². The highest BCUT2D eigenvalue weighted by Crippen LogP contribution is 2.19. The highest BCUT2D eigenvalue weighted by atomic mass is 32.1. The molecule has 18 heavy (non-hydrogen) atoms. The Hall–Kier alpha value is -0.980. The van der Waals surface area contributed by atoms with Gasteiger partial charge in [-0.3, -0.25) is 0 Å². The lowest BCUT2D eigenvalue weighted by atomic mass is 9.96. The zero-order chi connectivity index (χ0) is 13.6. The summed E-state index contributed by atoms with van der Waals surface area (Å²) in [6, 6.07) is 1.79. The molecule has 0 aromatic carbocycles. The molecular formula is C12H21N3O2S. The molecule has 0 atom stereocenters. The van der Waals surface area contributed by atoms with E-state index in [1.807, 2.05) is 0 Å². The van der Waals surface area contributed by atoms with Gasteiger partial charge in [0.25, 0.3) is 0 Å². The van der Waals surface area contributed by atoms with Crippen LogP contribution in [0.1, 0.15) is 26.6 Å². The number of rotatable bonds is 6. The molecule has 3 N–H and O–H groups in total. The smallest absolute Gasteiger partial charge is 0.131 e. The number of nitrogens with zero attached hydrogens (tertiary/aromatic N) is 1. The van der Waals surface area contributed by atoms with Gasteiger partial charge in [0.05, 0.1) is 19.8 Å². The van der Waals surface area contributed by atoms with E-state index < -0.39 is 0 Å². The number of ether oxygens (including phenoxy) is 1. The summed E-state index contributed by atoms with van der Waals surface area (Å²) >= 11 is 5.14. The van der Waals surface area contributed by atoms with Crippen molar-refractivity contribution in [1.29, 1.82) is 0 Å². The molecule has 0 radical (unpaired) electrons.